The molecule has 8 heteroatoms. The van der Waals surface area contributed by atoms with Crippen molar-refractivity contribution in [3.8, 4) is 5.75 Å². The quantitative estimate of drug-likeness (QED) is 0.0946. The molecule has 0 spiro atoms. The molecular formula is C26H26NO5PS. The van der Waals surface area contributed by atoms with E-state index in [0.29, 0.717) is 28.6 Å². The van der Waals surface area contributed by atoms with Crippen molar-refractivity contribution in [1.82, 2.24) is 0 Å². The number of hydrogen-bond acceptors (Lipinski definition) is 5. The molecule has 0 aliphatic heterocycles. The predicted octanol–water partition coefficient (Wildman–Crippen LogP) is 4.43. The molecule has 0 saturated heterocycles. The van der Waals surface area contributed by atoms with Crippen molar-refractivity contribution in [3.05, 3.63) is 82.9 Å². The SMILES string of the molecule is Cc1cc(CP)cc(C)c1OC(=O)c1c2ccccc2[n+](CCCS(=O)(=O)[O-])c2ccccc12. The first-order valence-electron chi connectivity index (χ1n) is 11.0. The number of aryl methyl sites for hydroxylation is 3. The molecule has 0 amide bonds. The third-order valence-electron chi connectivity index (χ3n) is 5.86. The molecule has 0 bridgehead atoms. The van der Waals surface area contributed by atoms with Gasteiger partial charge in [0.15, 0.2) is 6.54 Å². The van der Waals surface area contributed by atoms with Gasteiger partial charge in [0, 0.05) is 24.3 Å². The molecule has 0 fully saturated rings. The summed E-state index contributed by atoms with van der Waals surface area (Å²) in [7, 11) is -1.61. The van der Waals surface area contributed by atoms with Crippen molar-refractivity contribution in [1.29, 1.82) is 0 Å². The number of pyridine rings is 1. The Morgan fingerprint density at radius 3 is 2.00 bits per heavy atom. The highest BCUT2D eigenvalue weighted by Crippen LogP contribution is 2.30. The van der Waals surface area contributed by atoms with Gasteiger partial charge >= 0.3 is 5.97 Å². The average Bonchev–Trinajstić information content (AvgIpc) is 2.80. The molecule has 1 atom stereocenters. The minimum Gasteiger partial charge on any atom is -0.748 e. The van der Waals surface area contributed by atoms with Gasteiger partial charge < -0.3 is 9.29 Å². The van der Waals surface area contributed by atoms with Crippen molar-refractivity contribution in [3.63, 3.8) is 0 Å². The first-order chi connectivity index (χ1) is 16.2. The number of fused-ring (bicyclic) bond motifs is 2. The molecule has 0 radical (unpaired) electrons. The number of aromatic nitrogens is 1. The third kappa shape index (κ3) is 4.97. The van der Waals surface area contributed by atoms with E-state index in [4.69, 9.17) is 4.74 Å². The number of carbonyl (C=O) groups is 1. The number of carbonyl (C=O) groups excluding carboxylic acids is 1. The second-order valence-electron chi connectivity index (χ2n) is 8.33. The topological polar surface area (TPSA) is 87.4 Å². The second-order valence-corrected chi connectivity index (χ2v) is 10.3. The number of hydrogen-bond donors (Lipinski definition) is 0. The summed E-state index contributed by atoms with van der Waals surface area (Å²) >= 11 is 0. The molecule has 34 heavy (non-hydrogen) atoms. The first-order valence-corrected chi connectivity index (χ1v) is 13.4. The van der Waals surface area contributed by atoms with Crippen molar-refractivity contribution in [2.24, 2.45) is 0 Å². The van der Waals surface area contributed by atoms with Gasteiger partial charge in [0.05, 0.1) is 26.5 Å². The van der Waals surface area contributed by atoms with Crippen molar-refractivity contribution in [2.75, 3.05) is 5.75 Å². The zero-order valence-corrected chi connectivity index (χ0v) is 21.0. The van der Waals surface area contributed by atoms with Crippen LogP contribution in [-0.4, -0.2) is 24.7 Å². The van der Waals surface area contributed by atoms with Crippen LogP contribution in [0.1, 0.15) is 33.5 Å². The number of esters is 1. The fourth-order valence-electron chi connectivity index (χ4n) is 4.44. The molecular weight excluding hydrogens is 469 g/mol. The Morgan fingerprint density at radius 2 is 1.50 bits per heavy atom. The third-order valence-corrected chi connectivity index (χ3v) is 7.12. The fraction of sp³-hybridized carbons (Fsp3) is 0.231. The van der Waals surface area contributed by atoms with E-state index in [1.165, 1.54) is 0 Å². The van der Waals surface area contributed by atoms with Gasteiger partial charge in [-0.05, 0) is 48.8 Å². The number of ether oxygens (including phenoxy) is 1. The summed E-state index contributed by atoms with van der Waals surface area (Å²) in [5.41, 5.74) is 4.92. The predicted molar refractivity (Wildman–Crippen MR) is 135 cm³/mol. The van der Waals surface area contributed by atoms with Crippen LogP contribution in [0.3, 0.4) is 0 Å². The molecule has 3 aromatic carbocycles. The molecule has 0 aliphatic rings. The van der Waals surface area contributed by atoms with Gasteiger partial charge in [-0.3, -0.25) is 0 Å². The van der Waals surface area contributed by atoms with Crippen LogP contribution in [0.4, 0.5) is 0 Å². The Labute approximate surface area is 201 Å². The van der Waals surface area contributed by atoms with E-state index in [1.54, 1.807) is 0 Å². The molecule has 0 aliphatic carbocycles. The van der Waals surface area contributed by atoms with E-state index in [2.05, 4.69) is 9.24 Å². The summed E-state index contributed by atoms with van der Waals surface area (Å²) in [5, 5.41) is 1.40. The Balaban J connectivity index is 1.85. The maximum absolute atomic E-state index is 13.6. The van der Waals surface area contributed by atoms with E-state index in [1.807, 2.05) is 79.1 Å². The zero-order valence-electron chi connectivity index (χ0n) is 19.1. The largest absolute Gasteiger partial charge is 0.748 e. The lowest BCUT2D eigenvalue weighted by Gasteiger charge is -2.15. The summed E-state index contributed by atoms with van der Waals surface area (Å²) in [4.78, 5) is 13.6. The van der Waals surface area contributed by atoms with Crippen LogP contribution in [0.25, 0.3) is 21.8 Å². The van der Waals surface area contributed by atoms with Gasteiger partial charge in [-0.2, -0.15) is 4.57 Å². The van der Waals surface area contributed by atoms with Gasteiger partial charge in [0.1, 0.15) is 5.75 Å². The van der Waals surface area contributed by atoms with E-state index in [9.17, 15) is 17.8 Å². The van der Waals surface area contributed by atoms with Crippen molar-refractivity contribution >= 4 is 47.1 Å². The molecule has 176 valence electrons. The molecule has 0 N–H and O–H groups in total. The number of para-hydroxylation sites is 2. The van der Waals surface area contributed by atoms with Crippen LogP contribution in [0, 0.1) is 13.8 Å². The van der Waals surface area contributed by atoms with E-state index in [0.717, 1.165) is 33.9 Å². The van der Waals surface area contributed by atoms with Crippen LogP contribution in [0.5, 0.6) is 5.75 Å². The van der Waals surface area contributed by atoms with Crippen LogP contribution >= 0.6 is 9.24 Å². The second kappa shape index (κ2) is 9.79. The highest BCUT2D eigenvalue weighted by Gasteiger charge is 2.26. The molecule has 6 nitrogen and oxygen atoms in total. The lowest BCUT2D eigenvalue weighted by molar-refractivity contribution is -0.645. The van der Waals surface area contributed by atoms with Crippen LogP contribution in [0.15, 0.2) is 60.7 Å². The maximum atomic E-state index is 13.6. The minimum absolute atomic E-state index is 0.175. The highest BCUT2D eigenvalue weighted by atomic mass is 32.2. The molecule has 1 heterocycles. The highest BCUT2D eigenvalue weighted by molar-refractivity contribution is 7.85. The van der Waals surface area contributed by atoms with Gasteiger partial charge in [0.2, 0.25) is 11.0 Å². The standard InChI is InChI=1S/C26H26NO5PS/c1-17-14-19(16-33)15-18(2)25(17)32-26(28)24-20-8-3-5-10-22(20)27(12-7-13-34(29,30)31)23-11-6-4-9-21(23)24/h3-6,8-11,14-15H,7,12-13,16,33H2,1-2H3. The molecule has 4 rings (SSSR count). The van der Waals surface area contributed by atoms with Gasteiger partial charge in [-0.25, -0.2) is 13.2 Å². The van der Waals surface area contributed by atoms with Gasteiger partial charge in [-0.15, -0.1) is 9.24 Å². The van der Waals surface area contributed by atoms with E-state index < -0.39 is 21.8 Å². The zero-order chi connectivity index (χ0) is 24.5. The summed E-state index contributed by atoms with van der Waals surface area (Å²) in [6.07, 6.45) is 0.992. The molecule has 0 saturated carbocycles. The summed E-state index contributed by atoms with van der Waals surface area (Å²) in [6, 6.07) is 18.9. The average molecular weight is 496 g/mol. The molecule has 1 unspecified atom stereocenters. The van der Waals surface area contributed by atoms with Gasteiger partial charge in [-0.1, -0.05) is 36.4 Å². The smallest absolute Gasteiger partial charge is 0.345 e. The number of nitrogens with zero attached hydrogens (tertiary/aromatic N) is 1. The molecule has 1 aromatic heterocycles. The van der Waals surface area contributed by atoms with Crippen LogP contribution < -0.4 is 9.30 Å². The Hall–Kier alpha value is -2.86. The Bertz CT molecular complexity index is 1430. The lowest BCUT2D eigenvalue weighted by Crippen LogP contribution is -2.37. The Morgan fingerprint density at radius 1 is 0.971 bits per heavy atom. The normalized spacial score (nSPS) is 11.8. The van der Waals surface area contributed by atoms with Crippen molar-refractivity contribution in [2.45, 2.75) is 33.0 Å². The van der Waals surface area contributed by atoms with Crippen LogP contribution in [-0.2, 0) is 22.8 Å². The van der Waals surface area contributed by atoms with Crippen LogP contribution in [0.2, 0.25) is 0 Å². The number of rotatable bonds is 7. The monoisotopic (exact) mass is 495 g/mol. The van der Waals surface area contributed by atoms with E-state index >= 15 is 0 Å². The minimum atomic E-state index is -4.31. The Kier molecular flexibility index (Phi) is 6.99. The fourth-order valence-corrected chi connectivity index (χ4v) is 5.16. The summed E-state index contributed by atoms with van der Waals surface area (Å²) in [6.45, 7) is 4.18. The maximum Gasteiger partial charge on any atom is 0.345 e. The number of benzene rings is 3. The van der Waals surface area contributed by atoms with Gasteiger partial charge in [0.25, 0.3) is 0 Å². The lowest BCUT2D eigenvalue weighted by atomic mass is 10.0. The summed E-state index contributed by atoms with van der Waals surface area (Å²) in [5.74, 6) is -0.346. The van der Waals surface area contributed by atoms with Crippen molar-refractivity contribution < 1.29 is 27.1 Å². The summed E-state index contributed by atoms with van der Waals surface area (Å²) < 4.78 is 41.3. The first kappa shape index (κ1) is 24.3. The molecule has 4 aromatic rings. The van der Waals surface area contributed by atoms with E-state index in [-0.39, 0.29) is 6.42 Å².